The second-order valence-corrected chi connectivity index (χ2v) is 4.41. The number of carbonyl (C=O) groups is 1. The van der Waals surface area contributed by atoms with Crippen LogP contribution in [0.15, 0.2) is 42.5 Å². The Hall–Kier alpha value is -3.29. The summed E-state index contributed by atoms with van der Waals surface area (Å²) < 4.78 is 6.08. The maximum Gasteiger partial charge on any atom is 0.356 e. The Bertz CT molecular complexity index is 870. The van der Waals surface area contributed by atoms with Crippen LogP contribution >= 0.6 is 0 Å². The van der Waals surface area contributed by atoms with E-state index in [1.807, 2.05) is 0 Å². The topological polar surface area (TPSA) is 99.6 Å². The second-order valence-electron chi connectivity index (χ2n) is 4.41. The van der Waals surface area contributed by atoms with Gasteiger partial charge in [0.2, 0.25) is 0 Å². The van der Waals surface area contributed by atoms with Gasteiger partial charge < -0.3 is 4.74 Å². The van der Waals surface area contributed by atoms with Crippen LogP contribution in [0, 0.1) is 10.1 Å². The number of nitro benzene ring substituents is 1. The van der Waals surface area contributed by atoms with E-state index in [2.05, 4.69) is 10.1 Å². The monoisotopic (exact) mass is 298 g/mol. The standard InChI is InChI=1S/C14H10N4O4/c1-22-14(19)11-3-2-4-12-15-13(16-17(11)12)9-5-7-10(8-6-9)18(20)21/h2-8H,1H3. The summed E-state index contributed by atoms with van der Waals surface area (Å²) in [6.45, 7) is 0. The molecule has 0 atom stereocenters. The first-order valence-electron chi connectivity index (χ1n) is 6.29. The average molecular weight is 298 g/mol. The molecule has 0 unspecified atom stereocenters. The first-order valence-corrected chi connectivity index (χ1v) is 6.29. The summed E-state index contributed by atoms with van der Waals surface area (Å²) in [6.07, 6.45) is 0. The van der Waals surface area contributed by atoms with E-state index in [1.54, 1.807) is 30.3 Å². The number of methoxy groups -OCH3 is 1. The Labute approximate surface area is 124 Å². The highest BCUT2D eigenvalue weighted by Gasteiger charge is 2.15. The zero-order chi connectivity index (χ0) is 15.7. The van der Waals surface area contributed by atoms with Gasteiger partial charge in [-0.3, -0.25) is 10.1 Å². The smallest absolute Gasteiger partial charge is 0.356 e. The van der Waals surface area contributed by atoms with E-state index < -0.39 is 10.9 Å². The van der Waals surface area contributed by atoms with Gasteiger partial charge in [0.25, 0.3) is 5.69 Å². The molecule has 0 radical (unpaired) electrons. The van der Waals surface area contributed by atoms with Gasteiger partial charge in [-0.25, -0.2) is 14.3 Å². The number of benzene rings is 1. The van der Waals surface area contributed by atoms with Crippen molar-refractivity contribution in [1.82, 2.24) is 14.6 Å². The molecule has 1 aromatic carbocycles. The van der Waals surface area contributed by atoms with E-state index >= 15 is 0 Å². The first-order chi connectivity index (χ1) is 10.6. The number of carbonyl (C=O) groups excluding carboxylic acids is 1. The van der Waals surface area contributed by atoms with Crippen LogP contribution < -0.4 is 0 Å². The molecular weight excluding hydrogens is 288 g/mol. The third kappa shape index (κ3) is 2.26. The number of pyridine rings is 1. The minimum Gasteiger partial charge on any atom is -0.464 e. The maximum absolute atomic E-state index is 11.7. The molecule has 0 amide bonds. The third-order valence-corrected chi connectivity index (χ3v) is 3.09. The summed E-state index contributed by atoms with van der Waals surface area (Å²) in [5.74, 6) is -0.156. The summed E-state index contributed by atoms with van der Waals surface area (Å²) in [5, 5.41) is 14.9. The molecule has 0 saturated carbocycles. The summed E-state index contributed by atoms with van der Waals surface area (Å²) >= 11 is 0. The maximum atomic E-state index is 11.7. The van der Waals surface area contributed by atoms with Crippen LogP contribution in [0.1, 0.15) is 10.5 Å². The number of hydrogen-bond acceptors (Lipinski definition) is 6. The minimum atomic E-state index is -0.522. The van der Waals surface area contributed by atoms with Gasteiger partial charge in [0.1, 0.15) is 0 Å². The first kappa shape index (κ1) is 13.7. The Morgan fingerprint density at radius 1 is 1.23 bits per heavy atom. The molecule has 0 N–H and O–H groups in total. The number of nitrogens with zero attached hydrogens (tertiary/aromatic N) is 4. The van der Waals surface area contributed by atoms with E-state index in [-0.39, 0.29) is 11.4 Å². The highest BCUT2D eigenvalue weighted by atomic mass is 16.6. The fourth-order valence-electron chi connectivity index (χ4n) is 2.02. The predicted molar refractivity (Wildman–Crippen MR) is 76.4 cm³/mol. The van der Waals surface area contributed by atoms with E-state index in [9.17, 15) is 14.9 Å². The fraction of sp³-hybridized carbons (Fsp3) is 0.0714. The van der Waals surface area contributed by atoms with Crippen LogP contribution in [0.3, 0.4) is 0 Å². The second kappa shape index (κ2) is 5.24. The SMILES string of the molecule is COC(=O)c1cccc2nc(-c3ccc([N+](=O)[O-])cc3)nn12. The molecule has 0 bridgehead atoms. The number of rotatable bonds is 3. The van der Waals surface area contributed by atoms with E-state index in [1.165, 1.54) is 23.8 Å². The molecule has 2 aromatic heterocycles. The molecule has 0 saturated heterocycles. The van der Waals surface area contributed by atoms with Gasteiger partial charge >= 0.3 is 5.97 Å². The van der Waals surface area contributed by atoms with Crippen molar-refractivity contribution in [1.29, 1.82) is 0 Å². The van der Waals surface area contributed by atoms with E-state index in [0.29, 0.717) is 17.0 Å². The third-order valence-electron chi connectivity index (χ3n) is 3.09. The lowest BCUT2D eigenvalue weighted by Gasteiger charge is -2.00. The molecule has 8 heteroatoms. The molecule has 0 aliphatic heterocycles. The molecule has 2 heterocycles. The summed E-state index contributed by atoms with van der Waals surface area (Å²) in [4.78, 5) is 26.2. The summed E-state index contributed by atoms with van der Waals surface area (Å²) in [5.41, 5.74) is 1.34. The van der Waals surface area contributed by atoms with Gasteiger partial charge in [-0.1, -0.05) is 6.07 Å². The Morgan fingerprint density at radius 3 is 2.59 bits per heavy atom. The van der Waals surface area contributed by atoms with Crippen molar-refractivity contribution < 1.29 is 14.5 Å². The number of aromatic nitrogens is 3. The van der Waals surface area contributed by atoms with Gasteiger partial charge in [-0.15, -0.1) is 5.10 Å². The van der Waals surface area contributed by atoms with Gasteiger partial charge in [-0.05, 0) is 24.3 Å². The molecule has 3 aromatic rings. The number of ether oxygens (including phenoxy) is 1. The number of fused-ring (bicyclic) bond motifs is 1. The van der Waals surface area contributed by atoms with Crippen molar-refractivity contribution >= 4 is 17.3 Å². The molecule has 0 fully saturated rings. The number of nitro groups is 1. The molecule has 110 valence electrons. The van der Waals surface area contributed by atoms with E-state index in [4.69, 9.17) is 4.74 Å². The van der Waals surface area contributed by atoms with Crippen LogP contribution in [-0.4, -0.2) is 32.6 Å². The van der Waals surface area contributed by atoms with Gasteiger partial charge in [0, 0.05) is 17.7 Å². The normalized spacial score (nSPS) is 10.6. The van der Waals surface area contributed by atoms with Crippen molar-refractivity contribution in [2.75, 3.05) is 7.11 Å². The van der Waals surface area contributed by atoms with Crippen molar-refractivity contribution in [2.24, 2.45) is 0 Å². The molecular formula is C14H10N4O4. The molecule has 22 heavy (non-hydrogen) atoms. The molecule has 0 aliphatic rings. The van der Waals surface area contributed by atoms with Crippen LogP contribution in [0.4, 0.5) is 5.69 Å². The largest absolute Gasteiger partial charge is 0.464 e. The lowest BCUT2D eigenvalue weighted by molar-refractivity contribution is -0.384. The molecule has 0 spiro atoms. The lowest BCUT2D eigenvalue weighted by atomic mass is 10.2. The lowest BCUT2D eigenvalue weighted by Crippen LogP contribution is -2.08. The van der Waals surface area contributed by atoms with Gasteiger partial charge in [0.15, 0.2) is 17.2 Å². The fourth-order valence-corrected chi connectivity index (χ4v) is 2.02. The number of esters is 1. The Morgan fingerprint density at radius 2 is 1.95 bits per heavy atom. The van der Waals surface area contributed by atoms with Gasteiger partial charge in [0.05, 0.1) is 12.0 Å². The summed E-state index contributed by atoms with van der Waals surface area (Å²) in [6, 6.07) is 10.8. The zero-order valence-electron chi connectivity index (χ0n) is 11.5. The summed E-state index contributed by atoms with van der Waals surface area (Å²) in [7, 11) is 1.29. The van der Waals surface area contributed by atoms with Crippen LogP contribution in [0.5, 0.6) is 0 Å². The van der Waals surface area contributed by atoms with Crippen molar-refractivity contribution in [3.05, 3.63) is 58.3 Å². The van der Waals surface area contributed by atoms with Crippen molar-refractivity contribution in [3.63, 3.8) is 0 Å². The van der Waals surface area contributed by atoms with Crippen LogP contribution in [0.25, 0.3) is 17.0 Å². The zero-order valence-corrected chi connectivity index (χ0v) is 11.5. The van der Waals surface area contributed by atoms with E-state index in [0.717, 1.165) is 0 Å². The predicted octanol–water partition coefficient (Wildman–Crippen LogP) is 2.09. The van der Waals surface area contributed by atoms with Gasteiger partial charge in [-0.2, -0.15) is 0 Å². The molecule has 0 aliphatic carbocycles. The van der Waals surface area contributed by atoms with Crippen LogP contribution in [-0.2, 0) is 4.74 Å². The average Bonchev–Trinajstić information content (AvgIpc) is 2.98. The highest BCUT2D eigenvalue weighted by Crippen LogP contribution is 2.20. The molecule has 3 rings (SSSR count). The van der Waals surface area contributed by atoms with Crippen LogP contribution in [0.2, 0.25) is 0 Å². The highest BCUT2D eigenvalue weighted by molar-refractivity contribution is 5.88. The Kier molecular flexibility index (Phi) is 3.26. The Balaban J connectivity index is 2.08. The van der Waals surface area contributed by atoms with Crippen molar-refractivity contribution in [3.8, 4) is 11.4 Å². The quantitative estimate of drug-likeness (QED) is 0.417. The minimum absolute atomic E-state index is 0.0113. The number of non-ortho nitro benzene ring substituents is 1. The molecule has 8 nitrogen and oxygen atoms in total. The number of hydrogen-bond donors (Lipinski definition) is 0. The van der Waals surface area contributed by atoms with Crippen molar-refractivity contribution in [2.45, 2.75) is 0 Å².